The number of amides is 3. The van der Waals surface area contributed by atoms with Crippen LogP contribution in [0.3, 0.4) is 0 Å². The molecule has 0 bridgehead atoms. The van der Waals surface area contributed by atoms with E-state index in [1.807, 2.05) is 23.2 Å². The molecule has 318 valence electrons. The number of piperazine rings is 1. The van der Waals surface area contributed by atoms with Gasteiger partial charge in [-0.25, -0.2) is 13.3 Å². The highest BCUT2D eigenvalue weighted by Crippen LogP contribution is 2.37. The Balaban J connectivity index is 0.778. The number of carbonyl (C=O) groups excluding carboxylic acids is 3. The van der Waals surface area contributed by atoms with Crippen LogP contribution in [0.2, 0.25) is 0 Å². The molecule has 3 amide bonds. The zero-order valence-electron chi connectivity index (χ0n) is 34.4. The number of nitriles is 1. The Kier molecular flexibility index (Phi) is 10.8. The summed E-state index contributed by atoms with van der Waals surface area (Å²) in [6.45, 7) is 8.74. The summed E-state index contributed by atoms with van der Waals surface area (Å²) < 4.78 is 34.0. The largest absolute Gasteiger partial charge is 0.386 e. The SMILES string of the molecule is CC(C)(O)c1cc2nn([C@H]3CC[C@H](N4CCN(C5CCN(c6cc(F)c([C@H]7CCC(=O)NC7=O)c(F)c6)CC5)CC4)CC3)cc2cc1NC(=O)c1ccc2cc(C#N)cnn12. The molecule has 16 heteroatoms. The second kappa shape index (κ2) is 16.3. The van der Waals surface area contributed by atoms with Crippen LogP contribution < -0.4 is 15.5 Å². The summed E-state index contributed by atoms with van der Waals surface area (Å²) in [7, 11) is 0. The molecule has 1 atom stereocenters. The number of nitrogens with one attached hydrogen (secondary N) is 2. The van der Waals surface area contributed by atoms with E-state index in [-0.39, 0.29) is 30.4 Å². The number of benzene rings is 2. The first-order chi connectivity index (χ1) is 29.3. The number of carbonyl (C=O) groups is 3. The molecule has 0 radical (unpaired) electrons. The van der Waals surface area contributed by atoms with Gasteiger partial charge >= 0.3 is 0 Å². The highest BCUT2D eigenvalue weighted by molar-refractivity contribution is 6.05. The van der Waals surface area contributed by atoms with E-state index < -0.39 is 35.0 Å². The Morgan fingerprint density at radius 2 is 1.54 bits per heavy atom. The number of rotatable bonds is 8. The Morgan fingerprint density at radius 3 is 2.18 bits per heavy atom. The van der Waals surface area contributed by atoms with Crippen molar-refractivity contribution in [3.63, 3.8) is 0 Å². The lowest BCUT2D eigenvalue weighted by Gasteiger charge is -2.46. The van der Waals surface area contributed by atoms with Crippen molar-refractivity contribution in [2.24, 2.45) is 0 Å². The number of aliphatic hydroxyl groups is 1. The monoisotopic (exact) mass is 832 g/mol. The molecule has 0 unspecified atom stereocenters. The topological polar surface area (TPSA) is 164 Å². The zero-order valence-corrected chi connectivity index (χ0v) is 34.4. The predicted octanol–water partition coefficient (Wildman–Crippen LogP) is 5.60. The van der Waals surface area contributed by atoms with E-state index in [2.05, 4.69) is 36.3 Å². The van der Waals surface area contributed by atoms with E-state index in [9.17, 15) is 24.8 Å². The molecule has 9 rings (SSSR count). The van der Waals surface area contributed by atoms with Gasteiger partial charge in [0.25, 0.3) is 5.91 Å². The number of anilines is 2. The molecule has 4 aliphatic rings. The van der Waals surface area contributed by atoms with Crippen LogP contribution in [0.1, 0.15) is 104 Å². The van der Waals surface area contributed by atoms with E-state index in [0.29, 0.717) is 58.9 Å². The van der Waals surface area contributed by atoms with Crippen molar-refractivity contribution in [3.05, 3.63) is 88.9 Å². The first-order valence-corrected chi connectivity index (χ1v) is 21.3. The van der Waals surface area contributed by atoms with Gasteiger partial charge in [-0.3, -0.25) is 34.2 Å². The smallest absolute Gasteiger partial charge is 0.274 e. The summed E-state index contributed by atoms with van der Waals surface area (Å²) in [4.78, 5) is 44.6. The molecule has 5 aromatic rings. The number of halogens is 2. The molecule has 6 heterocycles. The Hall–Kier alpha value is -5.76. The van der Waals surface area contributed by atoms with E-state index in [0.717, 1.165) is 75.6 Å². The molecule has 1 saturated carbocycles. The summed E-state index contributed by atoms with van der Waals surface area (Å²) in [6.07, 6.45) is 9.55. The fourth-order valence-electron chi connectivity index (χ4n) is 10.0. The maximum absolute atomic E-state index is 15.2. The van der Waals surface area contributed by atoms with Crippen LogP contribution in [0, 0.1) is 23.0 Å². The summed E-state index contributed by atoms with van der Waals surface area (Å²) in [6, 6.07) is 14.7. The zero-order chi connectivity index (χ0) is 42.6. The molecular weight excluding hydrogens is 783 g/mol. The van der Waals surface area contributed by atoms with Gasteiger partial charge in [0.1, 0.15) is 23.4 Å². The molecule has 0 spiro atoms. The quantitative estimate of drug-likeness (QED) is 0.168. The minimum absolute atomic E-state index is 0.0606. The number of hydrogen-bond donors (Lipinski definition) is 3. The molecule has 3 aliphatic heterocycles. The third kappa shape index (κ3) is 8.09. The summed E-state index contributed by atoms with van der Waals surface area (Å²) >= 11 is 0. The minimum Gasteiger partial charge on any atom is -0.386 e. The second-order valence-corrected chi connectivity index (χ2v) is 17.6. The Bertz CT molecular complexity index is 2530. The lowest BCUT2D eigenvalue weighted by molar-refractivity contribution is -0.134. The van der Waals surface area contributed by atoms with Crippen molar-refractivity contribution < 1.29 is 28.3 Å². The van der Waals surface area contributed by atoms with Gasteiger partial charge < -0.3 is 15.3 Å². The average molecular weight is 833 g/mol. The third-order valence-corrected chi connectivity index (χ3v) is 13.3. The molecule has 1 aliphatic carbocycles. The maximum atomic E-state index is 15.2. The van der Waals surface area contributed by atoms with Crippen molar-refractivity contribution in [1.82, 2.24) is 34.5 Å². The van der Waals surface area contributed by atoms with Crippen molar-refractivity contribution in [1.29, 1.82) is 5.26 Å². The molecule has 3 N–H and O–H groups in total. The van der Waals surface area contributed by atoms with Crippen LogP contribution in [0.25, 0.3) is 16.4 Å². The standard InChI is InChI=1S/C45H50F2N10O4/c1-45(2,61)35-23-38-28(20-39(35)50-44(60)40-9-7-32-19-27(24-48)25-49-57(32)40)26-56(52-38)31-5-3-29(4-6-31)54-15-17-55(18-16-54)30-11-13-53(14-12-30)33-21-36(46)42(37(47)22-33)34-8-10-41(58)51-43(34)59/h7,9,19-23,25-26,29-31,34,61H,3-6,8,10-18H2,1-2H3,(H,50,60)(H,51,58,59)/t29-,31-,34-/m1/s1. The molecule has 14 nitrogen and oxygen atoms in total. The van der Waals surface area contributed by atoms with Gasteiger partial charge in [0, 0.05) is 91.9 Å². The van der Waals surface area contributed by atoms with E-state index in [4.69, 9.17) is 5.10 Å². The normalized spacial score (nSPS) is 22.4. The molecule has 3 saturated heterocycles. The van der Waals surface area contributed by atoms with Crippen LogP contribution in [0.15, 0.2) is 54.9 Å². The van der Waals surface area contributed by atoms with Gasteiger partial charge in [0.05, 0.1) is 40.4 Å². The van der Waals surface area contributed by atoms with Crippen LogP contribution in [-0.4, -0.2) is 103 Å². The molecule has 2 aromatic carbocycles. The minimum atomic E-state index is -1.25. The number of fused-ring (bicyclic) bond motifs is 2. The Labute approximate surface area is 352 Å². The number of nitrogens with zero attached hydrogens (tertiary/aromatic N) is 8. The lowest BCUT2D eigenvalue weighted by Crippen LogP contribution is -2.55. The molecule has 3 aromatic heterocycles. The molecule has 61 heavy (non-hydrogen) atoms. The lowest BCUT2D eigenvalue weighted by atomic mass is 9.89. The highest BCUT2D eigenvalue weighted by atomic mass is 19.1. The van der Waals surface area contributed by atoms with Crippen molar-refractivity contribution in [2.75, 3.05) is 49.5 Å². The van der Waals surface area contributed by atoms with Gasteiger partial charge in [-0.15, -0.1) is 0 Å². The van der Waals surface area contributed by atoms with Gasteiger partial charge in [0.2, 0.25) is 11.8 Å². The summed E-state index contributed by atoms with van der Waals surface area (Å²) in [5.41, 5.74) is 2.11. The maximum Gasteiger partial charge on any atom is 0.274 e. The first-order valence-electron chi connectivity index (χ1n) is 21.3. The number of hydrogen-bond acceptors (Lipinski definition) is 10. The van der Waals surface area contributed by atoms with Crippen LogP contribution in [0.5, 0.6) is 0 Å². The summed E-state index contributed by atoms with van der Waals surface area (Å²) in [5, 5.41) is 35.7. The second-order valence-electron chi connectivity index (χ2n) is 17.6. The van der Waals surface area contributed by atoms with Gasteiger partial charge in [-0.2, -0.15) is 15.5 Å². The van der Waals surface area contributed by atoms with E-state index >= 15 is 8.78 Å². The van der Waals surface area contributed by atoms with Crippen LogP contribution in [-0.2, 0) is 15.2 Å². The third-order valence-electron chi connectivity index (χ3n) is 13.3. The Morgan fingerprint density at radius 1 is 0.885 bits per heavy atom. The average Bonchev–Trinajstić information content (AvgIpc) is 3.88. The molecule has 4 fully saturated rings. The van der Waals surface area contributed by atoms with E-state index in [1.165, 1.54) is 22.8 Å². The van der Waals surface area contributed by atoms with Gasteiger partial charge in [-0.05, 0) is 101 Å². The van der Waals surface area contributed by atoms with Gasteiger partial charge in [-0.1, -0.05) is 0 Å². The number of piperidine rings is 2. The van der Waals surface area contributed by atoms with Crippen molar-refractivity contribution >= 4 is 45.5 Å². The van der Waals surface area contributed by atoms with Crippen molar-refractivity contribution in [2.45, 2.75) is 94.9 Å². The van der Waals surface area contributed by atoms with E-state index in [1.54, 1.807) is 32.0 Å². The van der Waals surface area contributed by atoms with Crippen LogP contribution >= 0.6 is 0 Å². The van der Waals surface area contributed by atoms with Crippen molar-refractivity contribution in [3.8, 4) is 6.07 Å². The van der Waals surface area contributed by atoms with Crippen LogP contribution in [0.4, 0.5) is 20.2 Å². The fraction of sp³-hybridized carbons (Fsp3) is 0.467. The first kappa shape index (κ1) is 40.6. The fourth-order valence-corrected chi connectivity index (χ4v) is 10.0. The van der Waals surface area contributed by atoms with Gasteiger partial charge in [0.15, 0.2) is 0 Å². The molecular formula is C45H50F2N10O4. The number of imide groups is 1. The predicted molar refractivity (Wildman–Crippen MR) is 224 cm³/mol. The number of aromatic nitrogens is 4. The highest BCUT2D eigenvalue weighted by Gasteiger charge is 2.35. The summed E-state index contributed by atoms with van der Waals surface area (Å²) in [5.74, 6) is -3.95.